The molecule has 0 aliphatic carbocycles. The molecule has 0 aliphatic heterocycles. The van der Waals surface area contributed by atoms with Crippen LogP contribution in [-0.2, 0) is 12.8 Å². The molecular weight excluding hydrogens is 266 g/mol. The van der Waals surface area contributed by atoms with Gasteiger partial charge in [0.15, 0.2) is 0 Å². The van der Waals surface area contributed by atoms with Crippen LogP contribution in [0.2, 0.25) is 0 Å². The molecular formula is C16H23N3S. The van der Waals surface area contributed by atoms with Gasteiger partial charge in [-0.1, -0.05) is 49.5 Å². The highest BCUT2D eigenvalue weighted by atomic mass is 32.1. The van der Waals surface area contributed by atoms with Crippen molar-refractivity contribution < 1.29 is 0 Å². The van der Waals surface area contributed by atoms with Crippen LogP contribution in [0.4, 0.5) is 0 Å². The van der Waals surface area contributed by atoms with Gasteiger partial charge in [0.1, 0.15) is 0 Å². The van der Waals surface area contributed by atoms with E-state index in [0.29, 0.717) is 5.92 Å². The zero-order chi connectivity index (χ0) is 14.5. The molecule has 0 aliphatic rings. The summed E-state index contributed by atoms with van der Waals surface area (Å²) in [5.74, 6) is 0.676. The van der Waals surface area contributed by atoms with Gasteiger partial charge in [-0.3, -0.25) is 0 Å². The fraction of sp³-hybridized carbons (Fsp3) is 0.500. The van der Waals surface area contributed by atoms with Crippen molar-refractivity contribution in [3.05, 3.63) is 46.0 Å². The van der Waals surface area contributed by atoms with E-state index in [1.807, 2.05) is 7.05 Å². The topological polar surface area (TPSA) is 37.8 Å². The fourth-order valence-corrected chi connectivity index (χ4v) is 3.38. The Hall–Kier alpha value is -1.26. The van der Waals surface area contributed by atoms with E-state index in [1.165, 1.54) is 27.5 Å². The third-order valence-corrected chi connectivity index (χ3v) is 4.23. The van der Waals surface area contributed by atoms with Gasteiger partial charge in [0.2, 0.25) is 0 Å². The van der Waals surface area contributed by atoms with Gasteiger partial charge in [0.25, 0.3) is 0 Å². The maximum Gasteiger partial charge on any atom is 0.0804 e. The second-order valence-corrected chi connectivity index (χ2v) is 6.29. The van der Waals surface area contributed by atoms with Gasteiger partial charge in [0, 0.05) is 0 Å². The van der Waals surface area contributed by atoms with Crippen LogP contribution in [0.15, 0.2) is 24.3 Å². The van der Waals surface area contributed by atoms with Crippen molar-refractivity contribution in [2.45, 2.75) is 39.7 Å². The second kappa shape index (κ2) is 6.95. The van der Waals surface area contributed by atoms with Crippen molar-refractivity contribution in [2.75, 3.05) is 7.05 Å². The van der Waals surface area contributed by atoms with Crippen molar-refractivity contribution in [3.63, 3.8) is 0 Å². The van der Waals surface area contributed by atoms with Crippen LogP contribution < -0.4 is 5.32 Å². The van der Waals surface area contributed by atoms with Crippen LogP contribution in [-0.4, -0.2) is 16.6 Å². The first-order chi connectivity index (χ1) is 9.65. The summed E-state index contributed by atoms with van der Waals surface area (Å²) in [5, 5.41) is 7.63. The standard InChI is InChI=1S/C16H23N3S/c1-5-14-16(20-19-18-14)15(17-4)13-8-6-7-12(10-13)9-11(2)3/h6-8,10-11,15,17H,5,9H2,1-4H3. The summed E-state index contributed by atoms with van der Waals surface area (Å²) >= 11 is 1.50. The number of rotatable bonds is 6. The van der Waals surface area contributed by atoms with Gasteiger partial charge in [-0.2, -0.15) is 0 Å². The molecule has 0 spiro atoms. The first-order valence-electron chi connectivity index (χ1n) is 7.22. The highest BCUT2D eigenvalue weighted by molar-refractivity contribution is 7.05. The molecule has 4 heteroatoms. The maximum atomic E-state index is 4.23. The monoisotopic (exact) mass is 289 g/mol. The minimum atomic E-state index is 0.192. The lowest BCUT2D eigenvalue weighted by molar-refractivity contribution is 0.643. The normalized spacial score (nSPS) is 12.8. The van der Waals surface area contributed by atoms with Crippen molar-refractivity contribution in [2.24, 2.45) is 5.92 Å². The van der Waals surface area contributed by atoms with Crippen molar-refractivity contribution in [1.29, 1.82) is 0 Å². The van der Waals surface area contributed by atoms with Crippen molar-refractivity contribution >= 4 is 11.5 Å². The number of aryl methyl sites for hydroxylation is 1. The van der Waals surface area contributed by atoms with E-state index in [1.54, 1.807) is 0 Å². The van der Waals surface area contributed by atoms with Crippen molar-refractivity contribution in [3.8, 4) is 0 Å². The number of hydrogen-bond donors (Lipinski definition) is 1. The van der Waals surface area contributed by atoms with Crippen LogP contribution in [0.3, 0.4) is 0 Å². The molecule has 2 rings (SSSR count). The third kappa shape index (κ3) is 3.44. The molecule has 1 unspecified atom stereocenters. The Bertz CT molecular complexity index is 548. The molecule has 0 radical (unpaired) electrons. The van der Waals surface area contributed by atoms with Gasteiger partial charge < -0.3 is 5.32 Å². The van der Waals surface area contributed by atoms with E-state index in [-0.39, 0.29) is 6.04 Å². The first kappa shape index (κ1) is 15.1. The minimum Gasteiger partial charge on any atom is -0.309 e. The number of aromatic nitrogens is 2. The Morgan fingerprint density at radius 1 is 1.30 bits per heavy atom. The zero-order valence-corrected chi connectivity index (χ0v) is 13.5. The van der Waals surface area contributed by atoms with Crippen LogP contribution in [0.5, 0.6) is 0 Å². The van der Waals surface area contributed by atoms with Gasteiger partial charge in [-0.05, 0) is 48.5 Å². The lowest BCUT2D eigenvalue weighted by atomic mass is 9.97. The Labute approximate surface area is 125 Å². The average molecular weight is 289 g/mol. The minimum absolute atomic E-state index is 0.192. The summed E-state index contributed by atoms with van der Waals surface area (Å²) in [7, 11) is 2.00. The van der Waals surface area contributed by atoms with Gasteiger partial charge in [-0.25, -0.2) is 0 Å². The quantitative estimate of drug-likeness (QED) is 0.883. The van der Waals surface area contributed by atoms with E-state index in [2.05, 4.69) is 59.9 Å². The molecule has 108 valence electrons. The Morgan fingerprint density at radius 2 is 2.10 bits per heavy atom. The largest absolute Gasteiger partial charge is 0.309 e. The van der Waals surface area contributed by atoms with Crippen LogP contribution in [0.1, 0.15) is 48.5 Å². The number of hydrogen-bond acceptors (Lipinski definition) is 4. The fourth-order valence-electron chi connectivity index (χ4n) is 2.50. The third-order valence-electron chi connectivity index (χ3n) is 3.40. The summed E-state index contributed by atoms with van der Waals surface area (Å²) < 4.78 is 4.11. The van der Waals surface area contributed by atoms with Crippen LogP contribution >= 0.6 is 11.5 Å². The predicted octanol–water partition coefficient (Wildman–Crippen LogP) is 3.61. The SMILES string of the molecule is CCc1nnsc1C(NC)c1cccc(CC(C)C)c1. The Kier molecular flexibility index (Phi) is 5.26. The molecule has 3 nitrogen and oxygen atoms in total. The van der Waals surface area contributed by atoms with E-state index in [4.69, 9.17) is 0 Å². The van der Waals surface area contributed by atoms with Crippen molar-refractivity contribution in [1.82, 2.24) is 14.9 Å². The van der Waals surface area contributed by atoms with Crippen LogP contribution in [0, 0.1) is 5.92 Å². The van der Waals surface area contributed by atoms with E-state index >= 15 is 0 Å². The highest BCUT2D eigenvalue weighted by Crippen LogP contribution is 2.28. The number of nitrogens with zero attached hydrogens (tertiary/aromatic N) is 2. The average Bonchev–Trinajstić information content (AvgIpc) is 2.87. The molecule has 1 N–H and O–H groups in total. The molecule has 0 saturated heterocycles. The molecule has 1 aromatic heterocycles. The number of nitrogens with one attached hydrogen (secondary N) is 1. The molecule has 1 heterocycles. The van der Waals surface area contributed by atoms with E-state index in [9.17, 15) is 0 Å². The predicted molar refractivity (Wildman–Crippen MR) is 85.2 cm³/mol. The van der Waals surface area contributed by atoms with Crippen LogP contribution in [0.25, 0.3) is 0 Å². The van der Waals surface area contributed by atoms with Gasteiger partial charge in [-0.15, -0.1) is 5.10 Å². The second-order valence-electron chi connectivity index (χ2n) is 5.50. The molecule has 20 heavy (non-hydrogen) atoms. The lowest BCUT2D eigenvalue weighted by Gasteiger charge is -2.17. The Balaban J connectivity index is 2.32. The maximum absolute atomic E-state index is 4.23. The first-order valence-corrected chi connectivity index (χ1v) is 8.00. The summed E-state index contributed by atoms with van der Waals surface area (Å²) in [4.78, 5) is 1.23. The summed E-state index contributed by atoms with van der Waals surface area (Å²) in [6, 6.07) is 9.04. The molecule has 0 saturated carbocycles. The summed E-state index contributed by atoms with van der Waals surface area (Å²) in [5.41, 5.74) is 3.79. The Morgan fingerprint density at radius 3 is 2.75 bits per heavy atom. The smallest absolute Gasteiger partial charge is 0.0804 e. The van der Waals surface area contributed by atoms with E-state index in [0.717, 1.165) is 18.5 Å². The van der Waals surface area contributed by atoms with E-state index < -0.39 is 0 Å². The van der Waals surface area contributed by atoms with Gasteiger partial charge >= 0.3 is 0 Å². The van der Waals surface area contributed by atoms with Gasteiger partial charge in [0.05, 0.1) is 16.6 Å². The summed E-state index contributed by atoms with van der Waals surface area (Å²) in [6.07, 6.45) is 2.04. The number of benzene rings is 1. The summed E-state index contributed by atoms with van der Waals surface area (Å²) in [6.45, 7) is 6.64. The zero-order valence-electron chi connectivity index (χ0n) is 12.7. The molecule has 0 amide bonds. The molecule has 0 bridgehead atoms. The molecule has 1 aromatic carbocycles. The molecule has 1 atom stereocenters. The lowest BCUT2D eigenvalue weighted by Crippen LogP contribution is -2.18. The highest BCUT2D eigenvalue weighted by Gasteiger charge is 2.19. The molecule has 2 aromatic rings. The molecule has 0 fully saturated rings.